The van der Waals surface area contributed by atoms with E-state index in [0.29, 0.717) is 35.8 Å². The van der Waals surface area contributed by atoms with E-state index in [0.717, 1.165) is 40.6 Å². The Bertz CT molecular complexity index is 1750. The molecule has 0 saturated heterocycles. The van der Waals surface area contributed by atoms with Crippen LogP contribution in [0.25, 0.3) is 11.0 Å². The molecule has 4 heterocycles. The molecule has 0 saturated carbocycles. The molecule has 12 heteroatoms. The fourth-order valence-electron chi connectivity index (χ4n) is 5.61. The van der Waals surface area contributed by atoms with Gasteiger partial charge in [0.2, 0.25) is 0 Å². The standard InChI is InChI=1S/C29H30N4O7S/c1-18-23-7-8-25-29(18)30-31-33(25)11-3-4-12-39-22-6-10-27-21(14-22)17-32(41(36,37)40-27)16-20-13-19(5-9-26(20)38-2)24(23)15-28(34)35/h5-10,13-14,24H,3-4,11-12,15-17H2,1-2H3,(H,34,35). The molecule has 4 aromatic rings. The summed E-state index contributed by atoms with van der Waals surface area (Å²) in [5.74, 6) is -0.0742. The zero-order valence-electron chi connectivity index (χ0n) is 22.7. The first-order valence-electron chi connectivity index (χ1n) is 13.4. The highest BCUT2D eigenvalue weighted by Crippen LogP contribution is 2.38. The third-order valence-corrected chi connectivity index (χ3v) is 8.99. The van der Waals surface area contributed by atoms with Crippen LogP contribution in [0.5, 0.6) is 17.2 Å². The molecule has 1 N–H and O–H groups in total. The molecule has 0 amide bonds. The smallest absolute Gasteiger partial charge is 0.385 e. The maximum absolute atomic E-state index is 13.1. The van der Waals surface area contributed by atoms with Crippen molar-refractivity contribution in [3.05, 3.63) is 76.3 Å². The molecule has 3 aliphatic rings. The van der Waals surface area contributed by atoms with Crippen molar-refractivity contribution < 1.29 is 32.0 Å². The number of benzene rings is 3. The number of aliphatic carboxylic acids is 1. The average molecular weight is 579 g/mol. The predicted octanol–water partition coefficient (Wildman–Crippen LogP) is 4.17. The lowest BCUT2D eigenvalue weighted by atomic mass is 9.85. The minimum absolute atomic E-state index is 0.0317. The lowest BCUT2D eigenvalue weighted by Crippen LogP contribution is -2.37. The third kappa shape index (κ3) is 5.20. The number of carboxylic acid groups (broad SMARTS) is 1. The number of methoxy groups -OCH3 is 1. The Hall–Kier alpha value is -4.16. The second kappa shape index (κ2) is 10.7. The van der Waals surface area contributed by atoms with Crippen molar-refractivity contribution >= 4 is 27.3 Å². The van der Waals surface area contributed by atoms with E-state index in [4.69, 9.17) is 13.7 Å². The Balaban J connectivity index is 1.49. The van der Waals surface area contributed by atoms with E-state index >= 15 is 0 Å². The third-order valence-electron chi connectivity index (χ3n) is 7.71. The van der Waals surface area contributed by atoms with Gasteiger partial charge in [-0.2, -0.15) is 12.7 Å². The van der Waals surface area contributed by atoms with Gasteiger partial charge >= 0.3 is 16.3 Å². The van der Waals surface area contributed by atoms with Crippen LogP contribution < -0.4 is 13.7 Å². The fourth-order valence-corrected chi connectivity index (χ4v) is 6.70. The van der Waals surface area contributed by atoms with Gasteiger partial charge in [-0.15, -0.1) is 5.10 Å². The maximum atomic E-state index is 13.1. The Kier molecular flexibility index (Phi) is 7.04. The average Bonchev–Trinajstić information content (AvgIpc) is 3.35. The summed E-state index contributed by atoms with van der Waals surface area (Å²) >= 11 is 0. The second-order valence-electron chi connectivity index (χ2n) is 10.3. The number of ether oxygens (including phenoxy) is 2. The van der Waals surface area contributed by atoms with Gasteiger partial charge in [0.15, 0.2) is 0 Å². The molecular formula is C29H30N4O7S. The number of carbonyl (C=O) groups is 1. The van der Waals surface area contributed by atoms with Gasteiger partial charge in [-0.1, -0.05) is 23.4 Å². The van der Waals surface area contributed by atoms with Gasteiger partial charge in [0.05, 0.1) is 25.7 Å². The van der Waals surface area contributed by atoms with Crippen molar-refractivity contribution in [2.75, 3.05) is 13.7 Å². The highest BCUT2D eigenvalue weighted by atomic mass is 32.2. The Morgan fingerprint density at radius 3 is 2.73 bits per heavy atom. The number of hydrogen-bond acceptors (Lipinski definition) is 8. The number of carboxylic acids is 1. The van der Waals surface area contributed by atoms with Crippen LogP contribution in [-0.4, -0.2) is 52.5 Å². The van der Waals surface area contributed by atoms with Gasteiger partial charge < -0.3 is 18.8 Å². The molecule has 41 heavy (non-hydrogen) atoms. The van der Waals surface area contributed by atoms with Gasteiger partial charge in [0.1, 0.15) is 22.8 Å². The summed E-state index contributed by atoms with van der Waals surface area (Å²) in [6.45, 7) is 3.12. The molecule has 2 unspecified atom stereocenters. The van der Waals surface area contributed by atoms with Gasteiger partial charge in [0.25, 0.3) is 0 Å². The topological polar surface area (TPSA) is 133 Å². The highest BCUT2D eigenvalue weighted by molar-refractivity contribution is 7.84. The van der Waals surface area contributed by atoms with Crippen LogP contribution >= 0.6 is 0 Å². The number of hydrogen-bond donors (Lipinski definition) is 1. The molecule has 9 bridgehead atoms. The summed E-state index contributed by atoms with van der Waals surface area (Å²) < 4.78 is 46.3. The highest BCUT2D eigenvalue weighted by Gasteiger charge is 2.33. The van der Waals surface area contributed by atoms with Crippen molar-refractivity contribution in [3.8, 4) is 17.2 Å². The molecule has 3 aliphatic heterocycles. The largest absolute Gasteiger partial charge is 0.496 e. The van der Waals surface area contributed by atoms with Crippen LogP contribution in [0.2, 0.25) is 0 Å². The summed E-state index contributed by atoms with van der Waals surface area (Å²) in [5, 5.41) is 18.7. The quantitative estimate of drug-likeness (QED) is 0.380. The summed E-state index contributed by atoms with van der Waals surface area (Å²) in [6, 6.07) is 14.4. The molecule has 0 radical (unpaired) electrons. The Morgan fingerprint density at radius 1 is 1.10 bits per heavy atom. The number of nitrogens with zero attached hydrogens (tertiary/aromatic N) is 4. The number of aromatic nitrogens is 3. The monoisotopic (exact) mass is 578 g/mol. The lowest BCUT2D eigenvalue weighted by Gasteiger charge is -2.29. The zero-order valence-corrected chi connectivity index (χ0v) is 23.6. The minimum atomic E-state index is -4.09. The van der Waals surface area contributed by atoms with Crippen LogP contribution in [0.15, 0.2) is 48.5 Å². The molecular weight excluding hydrogens is 548 g/mol. The molecule has 7 rings (SSSR count). The van der Waals surface area contributed by atoms with E-state index in [1.54, 1.807) is 24.3 Å². The number of aryl methyl sites for hydroxylation is 2. The normalized spacial score (nSPS) is 20.0. The van der Waals surface area contributed by atoms with Gasteiger partial charge in [-0.05, 0) is 66.8 Å². The summed E-state index contributed by atoms with van der Waals surface area (Å²) in [6.07, 6.45) is 1.44. The van der Waals surface area contributed by atoms with E-state index in [2.05, 4.69) is 10.3 Å². The molecule has 0 spiro atoms. The summed E-state index contributed by atoms with van der Waals surface area (Å²) in [5.41, 5.74) is 5.28. The molecule has 0 aliphatic carbocycles. The van der Waals surface area contributed by atoms with Crippen LogP contribution in [0, 0.1) is 6.92 Å². The van der Waals surface area contributed by atoms with Crippen LogP contribution in [0.3, 0.4) is 0 Å². The lowest BCUT2D eigenvalue weighted by molar-refractivity contribution is -0.137. The van der Waals surface area contributed by atoms with Crippen LogP contribution in [-0.2, 0) is 34.7 Å². The molecule has 0 fully saturated rings. The maximum Gasteiger partial charge on any atom is 0.385 e. The zero-order chi connectivity index (χ0) is 28.7. The summed E-state index contributed by atoms with van der Waals surface area (Å²) in [4.78, 5) is 12.0. The number of fused-ring (bicyclic) bond motifs is 5. The molecule has 3 aromatic carbocycles. The first-order chi connectivity index (χ1) is 19.7. The van der Waals surface area contributed by atoms with E-state index in [9.17, 15) is 18.3 Å². The van der Waals surface area contributed by atoms with E-state index in [-0.39, 0.29) is 25.3 Å². The van der Waals surface area contributed by atoms with Crippen molar-refractivity contribution in [1.82, 2.24) is 19.3 Å². The first kappa shape index (κ1) is 27.0. The van der Waals surface area contributed by atoms with Crippen molar-refractivity contribution in [1.29, 1.82) is 0 Å². The van der Waals surface area contributed by atoms with Crippen molar-refractivity contribution in [2.24, 2.45) is 0 Å². The van der Waals surface area contributed by atoms with E-state index < -0.39 is 22.2 Å². The first-order valence-corrected chi connectivity index (χ1v) is 14.8. The van der Waals surface area contributed by atoms with Gasteiger partial charge in [-0.25, -0.2) is 4.68 Å². The van der Waals surface area contributed by atoms with Crippen molar-refractivity contribution in [3.63, 3.8) is 0 Å². The molecule has 11 nitrogen and oxygen atoms in total. The second-order valence-corrected chi connectivity index (χ2v) is 11.9. The van der Waals surface area contributed by atoms with Crippen molar-refractivity contribution in [2.45, 2.75) is 51.7 Å². The predicted molar refractivity (Wildman–Crippen MR) is 149 cm³/mol. The van der Waals surface area contributed by atoms with Crippen LogP contribution in [0.4, 0.5) is 0 Å². The SMILES string of the molecule is COc1ccc2cc1CN1Cc3cc(ccc3OS1(=O)=O)OCCCCn1nnc3c(C)c(ccc31)C2CC(=O)O. The summed E-state index contributed by atoms with van der Waals surface area (Å²) in [7, 11) is -2.58. The minimum Gasteiger partial charge on any atom is -0.496 e. The molecule has 2 atom stereocenters. The fraction of sp³-hybridized carbons (Fsp3) is 0.345. The Labute approximate surface area is 237 Å². The molecule has 214 valence electrons. The molecule has 1 aromatic heterocycles. The Morgan fingerprint density at radius 2 is 1.93 bits per heavy atom. The van der Waals surface area contributed by atoms with E-state index in [1.165, 1.54) is 11.4 Å². The number of rotatable bonds is 3. The van der Waals surface area contributed by atoms with Crippen LogP contribution in [0.1, 0.15) is 53.0 Å². The van der Waals surface area contributed by atoms with Gasteiger partial charge in [0, 0.05) is 36.7 Å². The van der Waals surface area contributed by atoms with E-state index in [1.807, 2.05) is 35.9 Å². The van der Waals surface area contributed by atoms with Gasteiger partial charge in [-0.3, -0.25) is 4.79 Å².